The van der Waals surface area contributed by atoms with Crippen molar-refractivity contribution in [3.05, 3.63) is 12.2 Å². The zero-order valence-electron chi connectivity index (χ0n) is 9.38. The van der Waals surface area contributed by atoms with Crippen LogP contribution in [-0.4, -0.2) is 22.4 Å². The van der Waals surface area contributed by atoms with E-state index in [9.17, 15) is 10.2 Å². The van der Waals surface area contributed by atoms with Crippen LogP contribution in [0.4, 0.5) is 0 Å². The predicted octanol–water partition coefficient (Wildman–Crippen LogP) is 1.43. The van der Waals surface area contributed by atoms with E-state index in [0.717, 1.165) is 0 Å². The van der Waals surface area contributed by atoms with Crippen molar-refractivity contribution in [2.24, 2.45) is 35.5 Å². The molecule has 0 amide bonds. The van der Waals surface area contributed by atoms with E-state index in [2.05, 4.69) is 26.0 Å². The molecule has 2 heteroatoms. The second kappa shape index (κ2) is 3.08. The summed E-state index contributed by atoms with van der Waals surface area (Å²) in [6, 6.07) is 0. The Morgan fingerprint density at radius 3 is 1.60 bits per heavy atom. The molecular formula is C13H20O2. The van der Waals surface area contributed by atoms with Crippen LogP contribution in [0.2, 0.25) is 0 Å². The molecule has 2 fully saturated rings. The lowest BCUT2D eigenvalue weighted by atomic mass is 9.68. The number of hydrogen-bond donors (Lipinski definition) is 2. The lowest BCUT2D eigenvalue weighted by molar-refractivity contribution is -0.0635. The first-order valence-corrected chi connectivity index (χ1v) is 6.15. The van der Waals surface area contributed by atoms with Gasteiger partial charge in [-0.3, -0.25) is 0 Å². The number of allylic oxidation sites excluding steroid dienone is 2. The maximum absolute atomic E-state index is 10.1. The molecule has 15 heavy (non-hydrogen) atoms. The van der Waals surface area contributed by atoms with Gasteiger partial charge >= 0.3 is 0 Å². The van der Waals surface area contributed by atoms with Gasteiger partial charge in [0.2, 0.25) is 0 Å². The summed E-state index contributed by atoms with van der Waals surface area (Å²) in [5, 5.41) is 20.1. The highest BCUT2D eigenvalue weighted by atomic mass is 16.3. The molecule has 0 radical (unpaired) electrons. The van der Waals surface area contributed by atoms with Crippen LogP contribution in [0.15, 0.2) is 12.2 Å². The lowest BCUT2D eigenvalue weighted by Gasteiger charge is -2.40. The van der Waals surface area contributed by atoms with Crippen molar-refractivity contribution in [2.45, 2.75) is 32.5 Å². The minimum absolute atomic E-state index is 0.243. The summed E-state index contributed by atoms with van der Waals surface area (Å²) < 4.78 is 0. The Kier molecular flexibility index (Phi) is 2.02. The highest BCUT2D eigenvalue weighted by Crippen LogP contribution is 2.57. The number of rotatable bonds is 0. The Labute approximate surface area is 91.0 Å². The van der Waals surface area contributed by atoms with Crippen LogP contribution in [0.5, 0.6) is 0 Å². The van der Waals surface area contributed by atoms with Crippen LogP contribution in [0.1, 0.15) is 20.3 Å². The van der Waals surface area contributed by atoms with Crippen LogP contribution >= 0.6 is 0 Å². The minimum atomic E-state index is -0.523. The van der Waals surface area contributed by atoms with Gasteiger partial charge in [0, 0.05) is 0 Å². The van der Waals surface area contributed by atoms with Crippen molar-refractivity contribution >= 4 is 0 Å². The fourth-order valence-electron chi connectivity index (χ4n) is 4.11. The highest BCUT2D eigenvalue weighted by Gasteiger charge is 2.54. The molecule has 3 rings (SSSR count). The molecule has 0 aromatic heterocycles. The highest BCUT2D eigenvalue weighted by molar-refractivity contribution is 5.20. The predicted molar refractivity (Wildman–Crippen MR) is 58.1 cm³/mol. The topological polar surface area (TPSA) is 40.5 Å². The molecule has 2 N–H and O–H groups in total. The summed E-state index contributed by atoms with van der Waals surface area (Å²) in [4.78, 5) is 0. The maximum Gasteiger partial charge on any atom is 0.0830 e. The summed E-state index contributed by atoms with van der Waals surface area (Å²) in [6.07, 6.45) is 4.76. The standard InChI is InChI=1S/C13H20O2/c1-6-10-5-11(9-4-3-8(9)10)7(2)13(15)12(6)14/h3-4,6-15H,5H2,1-2H3/t6-,7+,8?,9?,10-,11+,12+,13-. The van der Waals surface area contributed by atoms with E-state index in [1.165, 1.54) is 6.42 Å². The SMILES string of the molecule is C[C@@H]1[C@@H](O)[C@@H](O)[C@H](C)[C@H]2C[C@@H]1C1C=CC12. The summed E-state index contributed by atoms with van der Waals surface area (Å²) >= 11 is 0. The molecule has 2 nitrogen and oxygen atoms in total. The van der Waals surface area contributed by atoms with Crippen molar-refractivity contribution in [3.63, 3.8) is 0 Å². The van der Waals surface area contributed by atoms with Gasteiger partial charge in [-0.25, -0.2) is 0 Å². The Balaban J connectivity index is 1.96. The summed E-state index contributed by atoms with van der Waals surface area (Å²) in [5.74, 6) is 3.06. The number of fused-ring (bicyclic) bond motifs is 5. The number of aliphatic hydroxyl groups is 2. The number of aliphatic hydroxyl groups excluding tert-OH is 2. The van der Waals surface area contributed by atoms with Crippen LogP contribution in [0.25, 0.3) is 0 Å². The average Bonchev–Trinajstić information content (AvgIpc) is 2.41. The fourth-order valence-corrected chi connectivity index (χ4v) is 4.11. The quantitative estimate of drug-likeness (QED) is 0.591. The largest absolute Gasteiger partial charge is 0.390 e. The molecule has 3 aliphatic rings. The smallest absolute Gasteiger partial charge is 0.0830 e. The fraction of sp³-hybridized carbons (Fsp3) is 0.846. The third-order valence-corrected chi connectivity index (χ3v) is 5.31. The van der Waals surface area contributed by atoms with Crippen molar-refractivity contribution in [1.82, 2.24) is 0 Å². The van der Waals surface area contributed by atoms with Gasteiger partial charge in [-0.15, -0.1) is 0 Å². The van der Waals surface area contributed by atoms with Gasteiger partial charge < -0.3 is 10.2 Å². The molecule has 0 heterocycles. The molecule has 2 unspecified atom stereocenters. The van der Waals surface area contributed by atoms with Gasteiger partial charge in [-0.2, -0.15) is 0 Å². The molecule has 0 spiro atoms. The molecule has 84 valence electrons. The molecular weight excluding hydrogens is 188 g/mol. The van der Waals surface area contributed by atoms with Crippen LogP contribution in [0, 0.1) is 35.5 Å². The van der Waals surface area contributed by atoms with E-state index >= 15 is 0 Å². The van der Waals surface area contributed by atoms with E-state index in [4.69, 9.17) is 0 Å². The second-order valence-electron chi connectivity index (χ2n) is 5.80. The molecule has 0 saturated heterocycles. The van der Waals surface area contributed by atoms with Crippen molar-refractivity contribution in [3.8, 4) is 0 Å². The monoisotopic (exact) mass is 208 g/mol. The third kappa shape index (κ3) is 1.12. The van der Waals surface area contributed by atoms with Crippen LogP contribution < -0.4 is 0 Å². The average molecular weight is 208 g/mol. The number of hydrogen-bond acceptors (Lipinski definition) is 2. The van der Waals surface area contributed by atoms with Gasteiger partial charge in [0.1, 0.15) is 0 Å². The van der Waals surface area contributed by atoms with E-state index in [1.807, 2.05) is 0 Å². The van der Waals surface area contributed by atoms with Crippen LogP contribution in [-0.2, 0) is 0 Å². The molecule has 0 aromatic carbocycles. The Hall–Kier alpha value is -0.340. The third-order valence-electron chi connectivity index (χ3n) is 5.31. The van der Waals surface area contributed by atoms with E-state index in [1.54, 1.807) is 0 Å². The summed E-state index contributed by atoms with van der Waals surface area (Å²) in [5.41, 5.74) is 0. The van der Waals surface area contributed by atoms with Gasteiger partial charge in [-0.1, -0.05) is 26.0 Å². The first-order chi connectivity index (χ1) is 7.11. The Morgan fingerprint density at radius 2 is 1.27 bits per heavy atom. The van der Waals surface area contributed by atoms with Gasteiger partial charge in [0.15, 0.2) is 0 Å². The molecule has 0 aromatic rings. The summed E-state index contributed by atoms with van der Waals surface area (Å²) in [6.45, 7) is 4.20. The lowest BCUT2D eigenvalue weighted by Crippen LogP contribution is -2.44. The molecule has 2 saturated carbocycles. The Morgan fingerprint density at radius 1 is 0.867 bits per heavy atom. The van der Waals surface area contributed by atoms with Crippen molar-refractivity contribution < 1.29 is 10.2 Å². The van der Waals surface area contributed by atoms with E-state index in [-0.39, 0.29) is 11.8 Å². The first kappa shape index (κ1) is 9.86. The van der Waals surface area contributed by atoms with Crippen molar-refractivity contribution in [2.75, 3.05) is 0 Å². The normalized spacial score (nSPS) is 62.1. The molecule has 3 aliphatic carbocycles. The second-order valence-corrected chi connectivity index (χ2v) is 5.80. The van der Waals surface area contributed by atoms with E-state index in [0.29, 0.717) is 23.7 Å². The minimum Gasteiger partial charge on any atom is -0.390 e. The van der Waals surface area contributed by atoms with Gasteiger partial charge in [0.05, 0.1) is 12.2 Å². The van der Waals surface area contributed by atoms with Crippen molar-refractivity contribution in [1.29, 1.82) is 0 Å². The van der Waals surface area contributed by atoms with Crippen LogP contribution in [0.3, 0.4) is 0 Å². The molecule has 0 aliphatic heterocycles. The zero-order valence-corrected chi connectivity index (χ0v) is 9.38. The first-order valence-electron chi connectivity index (χ1n) is 6.15. The molecule has 2 bridgehead atoms. The zero-order chi connectivity index (χ0) is 10.7. The van der Waals surface area contributed by atoms with Gasteiger partial charge in [0.25, 0.3) is 0 Å². The Bertz CT molecular complexity index is 271. The maximum atomic E-state index is 10.1. The molecule has 8 atom stereocenters. The van der Waals surface area contributed by atoms with E-state index < -0.39 is 12.2 Å². The van der Waals surface area contributed by atoms with Gasteiger partial charge in [-0.05, 0) is 41.9 Å². The summed E-state index contributed by atoms with van der Waals surface area (Å²) in [7, 11) is 0.